The molecule has 0 radical (unpaired) electrons. The maximum atomic E-state index is 11.0. The van der Waals surface area contributed by atoms with E-state index in [0.29, 0.717) is 22.8 Å². The van der Waals surface area contributed by atoms with E-state index in [1.165, 1.54) is 31.4 Å². The van der Waals surface area contributed by atoms with Gasteiger partial charge in [-0.15, -0.1) is 0 Å². The fourth-order valence-corrected chi connectivity index (χ4v) is 2.08. The average molecular weight is 332 g/mol. The van der Waals surface area contributed by atoms with E-state index in [4.69, 9.17) is 20.3 Å². The van der Waals surface area contributed by atoms with Crippen molar-refractivity contribution in [3.05, 3.63) is 58.1 Å². The van der Waals surface area contributed by atoms with Crippen LogP contribution < -0.4 is 15.2 Å². The Morgan fingerprint density at radius 1 is 1.29 bits per heavy atom. The zero-order chi connectivity index (χ0) is 17.7. The predicted molar refractivity (Wildman–Crippen MR) is 85.5 cm³/mol. The van der Waals surface area contributed by atoms with Crippen LogP contribution >= 0.6 is 0 Å². The number of nitrogens with two attached hydrogens (primary N) is 1. The molecule has 0 aliphatic carbocycles. The normalized spacial score (nSPS) is 11.6. The monoisotopic (exact) mass is 332 g/mol. The number of non-ortho nitro benzene ring substituents is 1. The fourth-order valence-electron chi connectivity index (χ4n) is 2.08. The average Bonchev–Trinajstić information content (AvgIpc) is 2.56. The number of nitro benzene ring substituents is 1. The van der Waals surface area contributed by atoms with Gasteiger partial charge in [0.25, 0.3) is 5.69 Å². The molecule has 8 nitrogen and oxygen atoms in total. The lowest BCUT2D eigenvalue weighted by Gasteiger charge is -2.16. The number of hydrogen-bond acceptors (Lipinski definition) is 6. The van der Waals surface area contributed by atoms with Crippen LogP contribution in [-0.4, -0.2) is 29.2 Å². The lowest BCUT2D eigenvalue weighted by molar-refractivity contribution is -0.384. The third kappa shape index (κ3) is 3.99. The predicted octanol–water partition coefficient (Wildman–Crippen LogP) is 2.35. The van der Waals surface area contributed by atoms with Crippen molar-refractivity contribution in [3.63, 3.8) is 0 Å². The summed E-state index contributed by atoms with van der Waals surface area (Å²) in [7, 11) is 1.46. The van der Waals surface area contributed by atoms with Crippen LogP contribution in [0.25, 0.3) is 0 Å². The minimum Gasteiger partial charge on any atom is -0.493 e. The van der Waals surface area contributed by atoms with Crippen molar-refractivity contribution in [1.29, 1.82) is 0 Å². The van der Waals surface area contributed by atoms with E-state index < -0.39 is 16.9 Å². The van der Waals surface area contributed by atoms with E-state index in [1.54, 1.807) is 18.2 Å². The van der Waals surface area contributed by atoms with E-state index in [-0.39, 0.29) is 12.1 Å². The van der Waals surface area contributed by atoms with E-state index in [1.807, 2.05) is 0 Å². The number of benzene rings is 2. The van der Waals surface area contributed by atoms with Crippen LogP contribution in [0.5, 0.6) is 17.2 Å². The van der Waals surface area contributed by atoms with Gasteiger partial charge in [0.2, 0.25) is 0 Å². The van der Waals surface area contributed by atoms with Crippen molar-refractivity contribution in [2.24, 2.45) is 5.73 Å². The lowest BCUT2D eigenvalue weighted by atomic mass is 10.0. The van der Waals surface area contributed by atoms with Gasteiger partial charge in [0.05, 0.1) is 12.0 Å². The SMILES string of the molecule is COc1cccc(C[C@H](N)C(=O)O)c1Oc1ccc([N+](=O)[O-])cc1. The van der Waals surface area contributed by atoms with Crippen molar-refractivity contribution >= 4 is 11.7 Å². The molecule has 1 atom stereocenters. The highest BCUT2D eigenvalue weighted by atomic mass is 16.6. The summed E-state index contributed by atoms with van der Waals surface area (Å²) in [6, 6.07) is 9.49. The minimum atomic E-state index is -1.13. The molecule has 2 aromatic carbocycles. The first-order valence-corrected chi connectivity index (χ1v) is 6.99. The molecule has 8 heteroatoms. The summed E-state index contributed by atoms with van der Waals surface area (Å²) in [6.07, 6.45) is 0.0504. The second-order valence-corrected chi connectivity index (χ2v) is 4.95. The van der Waals surface area contributed by atoms with Gasteiger partial charge in [-0.1, -0.05) is 12.1 Å². The number of ether oxygens (including phenoxy) is 2. The van der Waals surface area contributed by atoms with Gasteiger partial charge in [-0.05, 0) is 18.2 Å². The Morgan fingerprint density at radius 3 is 2.50 bits per heavy atom. The molecule has 3 N–H and O–H groups in total. The Balaban J connectivity index is 2.33. The van der Waals surface area contributed by atoms with Gasteiger partial charge in [0.1, 0.15) is 11.8 Å². The molecule has 0 amide bonds. The zero-order valence-electron chi connectivity index (χ0n) is 12.8. The number of hydrogen-bond donors (Lipinski definition) is 2. The largest absolute Gasteiger partial charge is 0.493 e. The van der Waals surface area contributed by atoms with Crippen LogP contribution in [-0.2, 0) is 11.2 Å². The quantitative estimate of drug-likeness (QED) is 0.589. The number of rotatable bonds is 7. The Kier molecular flexibility index (Phi) is 5.33. The molecule has 0 fully saturated rings. The molecule has 2 aromatic rings. The second kappa shape index (κ2) is 7.42. The molecule has 0 aliphatic heterocycles. The fraction of sp³-hybridized carbons (Fsp3) is 0.188. The Hall–Kier alpha value is -3.13. The number of aliphatic carboxylic acids is 1. The van der Waals surface area contributed by atoms with Crippen LogP contribution in [0.2, 0.25) is 0 Å². The van der Waals surface area contributed by atoms with Gasteiger partial charge in [0.15, 0.2) is 11.5 Å². The van der Waals surface area contributed by atoms with E-state index in [9.17, 15) is 14.9 Å². The molecule has 2 rings (SSSR count). The van der Waals surface area contributed by atoms with Gasteiger partial charge >= 0.3 is 5.97 Å². The van der Waals surface area contributed by atoms with Gasteiger partial charge in [-0.2, -0.15) is 0 Å². The zero-order valence-corrected chi connectivity index (χ0v) is 12.8. The smallest absolute Gasteiger partial charge is 0.320 e. The molecule has 0 aromatic heterocycles. The summed E-state index contributed by atoms with van der Waals surface area (Å²) in [4.78, 5) is 21.1. The summed E-state index contributed by atoms with van der Waals surface area (Å²) in [5.41, 5.74) is 6.08. The topological polar surface area (TPSA) is 125 Å². The first kappa shape index (κ1) is 17.2. The molecule has 0 aliphatic rings. The van der Waals surface area contributed by atoms with Crippen LogP contribution in [0, 0.1) is 10.1 Å². The first-order chi connectivity index (χ1) is 11.4. The van der Waals surface area contributed by atoms with Gasteiger partial charge < -0.3 is 20.3 Å². The standard InChI is InChI=1S/C16H16N2O6/c1-23-14-4-2-3-10(9-13(17)16(19)20)15(14)24-12-7-5-11(6-8-12)18(21)22/h2-8,13H,9,17H2,1H3,(H,19,20)/t13-/m0/s1. The Bertz CT molecular complexity index is 745. The maximum Gasteiger partial charge on any atom is 0.320 e. The Morgan fingerprint density at radius 2 is 1.96 bits per heavy atom. The molecule has 0 saturated carbocycles. The molecular weight excluding hydrogens is 316 g/mol. The number of carbonyl (C=O) groups is 1. The number of para-hydroxylation sites is 1. The molecule has 0 heterocycles. The highest BCUT2D eigenvalue weighted by Gasteiger charge is 2.18. The maximum absolute atomic E-state index is 11.0. The molecule has 0 bridgehead atoms. The molecule has 0 spiro atoms. The Labute approximate surface area is 137 Å². The summed E-state index contributed by atoms with van der Waals surface area (Å²) in [6.45, 7) is 0. The van der Waals surface area contributed by atoms with Crippen molar-refractivity contribution in [2.75, 3.05) is 7.11 Å². The summed E-state index contributed by atoms with van der Waals surface area (Å²) >= 11 is 0. The number of carboxylic acid groups (broad SMARTS) is 1. The van der Waals surface area contributed by atoms with Crippen molar-refractivity contribution < 1.29 is 24.3 Å². The van der Waals surface area contributed by atoms with Crippen LogP contribution in [0.15, 0.2) is 42.5 Å². The first-order valence-electron chi connectivity index (χ1n) is 6.99. The molecule has 24 heavy (non-hydrogen) atoms. The number of carboxylic acids is 1. The molecule has 126 valence electrons. The summed E-state index contributed by atoms with van der Waals surface area (Å²) in [5, 5.41) is 19.7. The van der Waals surface area contributed by atoms with Crippen molar-refractivity contribution in [3.8, 4) is 17.2 Å². The highest BCUT2D eigenvalue weighted by molar-refractivity contribution is 5.73. The summed E-state index contributed by atoms with van der Waals surface area (Å²) in [5.74, 6) is -0.0386. The van der Waals surface area contributed by atoms with Crippen LogP contribution in [0.3, 0.4) is 0 Å². The third-order valence-electron chi connectivity index (χ3n) is 3.30. The van der Waals surface area contributed by atoms with Crippen molar-refractivity contribution in [1.82, 2.24) is 0 Å². The van der Waals surface area contributed by atoms with Gasteiger partial charge in [-0.25, -0.2) is 0 Å². The molecule has 0 saturated heterocycles. The van der Waals surface area contributed by atoms with E-state index in [0.717, 1.165) is 0 Å². The molecular formula is C16H16N2O6. The highest BCUT2D eigenvalue weighted by Crippen LogP contribution is 2.36. The third-order valence-corrected chi connectivity index (χ3v) is 3.30. The summed E-state index contributed by atoms with van der Waals surface area (Å²) < 4.78 is 11.0. The number of methoxy groups -OCH3 is 1. The molecule has 0 unspecified atom stereocenters. The van der Waals surface area contributed by atoms with E-state index in [2.05, 4.69) is 0 Å². The van der Waals surface area contributed by atoms with Gasteiger partial charge in [0, 0.05) is 24.1 Å². The second-order valence-electron chi connectivity index (χ2n) is 4.95. The van der Waals surface area contributed by atoms with Crippen LogP contribution in [0.1, 0.15) is 5.56 Å². The minimum absolute atomic E-state index is 0.0504. The number of nitro groups is 1. The number of nitrogens with zero attached hydrogens (tertiary/aromatic N) is 1. The van der Waals surface area contributed by atoms with Crippen LogP contribution in [0.4, 0.5) is 5.69 Å². The van der Waals surface area contributed by atoms with Crippen molar-refractivity contribution in [2.45, 2.75) is 12.5 Å². The lowest BCUT2D eigenvalue weighted by Crippen LogP contribution is -2.32. The van der Waals surface area contributed by atoms with Gasteiger partial charge in [-0.3, -0.25) is 14.9 Å². The van der Waals surface area contributed by atoms with E-state index >= 15 is 0 Å².